The lowest BCUT2D eigenvalue weighted by atomic mass is 10.2. The van der Waals surface area contributed by atoms with Crippen LogP contribution in [0.2, 0.25) is 0 Å². The fraction of sp³-hybridized carbons (Fsp3) is 0.222. The molecule has 1 N–H and O–H groups in total. The number of rotatable bonds is 3. The van der Waals surface area contributed by atoms with Gasteiger partial charge in [0.15, 0.2) is 0 Å². The van der Waals surface area contributed by atoms with Gasteiger partial charge in [0, 0.05) is 9.77 Å². The van der Waals surface area contributed by atoms with Crippen LogP contribution >= 0.6 is 23.1 Å². The Morgan fingerprint density at radius 2 is 2.31 bits per heavy atom. The molecule has 2 nitrogen and oxygen atoms in total. The summed E-state index contributed by atoms with van der Waals surface area (Å²) in [5.74, 6) is -0.856. The van der Waals surface area contributed by atoms with Crippen molar-refractivity contribution in [2.24, 2.45) is 0 Å². The zero-order valence-electron chi connectivity index (χ0n) is 7.46. The molecule has 0 saturated heterocycles. The molecule has 1 heterocycles. The van der Waals surface area contributed by atoms with E-state index in [2.05, 4.69) is 6.58 Å². The minimum Gasteiger partial charge on any atom is -0.477 e. The average molecular weight is 214 g/mol. The standard InChI is InChI=1S/C9H10O2S2/c1-4-6-7(12-3)5(2)8(13-6)9(10)11/h4H,1H2,2-3H3,(H,10,11). The van der Waals surface area contributed by atoms with Crippen molar-refractivity contribution in [3.63, 3.8) is 0 Å². The van der Waals surface area contributed by atoms with Gasteiger partial charge in [-0.1, -0.05) is 12.7 Å². The fourth-order valence-corrected chi connectivity index (χ4v) is 3.14. The van der Waals surface area contributed by atoms with Gasteiger partial charge in [-0.3, -0.25) is 0 Å². The summed E-state index contributed by atoms with van der Waals surface area (Å²) in [6.07, 6.45) is 3.64. The van der Waals surface area contributed by atoms with Crippen molar-refractivity contribution in [1.29, 1.82) is 0 Å². The number of hydrogen-bond donors (Lipinski definition) is 1. The summed E-state index contributed by atoms with van der Waals surface area (Å²) in [5, 5.41) is 8.86. The van der Waals surface area contributed by atoms with E-state index in [1.807, 2.05) is 13.2 Å². The molecule has 0 unspecified atom stereocenters. The molecular weight excluding hydrogens is 204 g/mol. The van der Waals surface area contributed by atoms with E-state index in [-0.39, 0.29) is 0 Å². The second-order valence-corrected chi connectivity index (χ2v) is 4.33. The van der Waals surface area contributed by atoms with E-state index >= 15 is 0 Å². The number of hydrogen-bond acceptors (Lipinski definition) is 3. The van der Waals surface area contributed by atoms with Gasteiger partial charge >= 0.3 is 5.97 Å². The summed E-state index contributed by atoms with van der Waals surface area (Å²) in [5.41, 5.74) is 0.847. The largest absolute Gasteiger partial charge is 0.477 e. The van der Waals surface area contributed by atoms with Gasteiger partial charge < -0.3 is 5.11 Å². The van der Waals surface area contributed by atoms with E-state index in [1.165, 1.54) is 11.3 Å². The van der Waals surface area contributed by atoms with E-state index in [1.54, 1.807) is 17.8 Å². The number of carboxylic acids is 1. The van der Waals surface area contributed by atoms with Crippen LogP contribution in [0.4, 0.5) is 0 Å². The summed E-state index contributed by atoms with van der Waals surface area (Å²) in [4.78, 5) is 13.2. The van der Waals surface area contributed by atoms with Crippen molar-refractivity contribution in [2.45, 2.75) is 11.8 Å². The highest BCUT2D eigenvalue weighted by molar-refractivity contribution is 7.98. The Morgan fingerprint density at radius 3 is 2.62 bits per heavy atom. The Kier molecular flexibility index (Phi) is 3.17. The molecule has 0 aliphatic rings. The van der Waals surface area contributed by atoms with Gasteiger partial charge in [-0.2, -0.15) is 0 Å². The summed E-state index contributed by atoms with van der Waals surface area (Å²) >= 11 is 2.84. The molecule has 70 valence electrons. The second kappa shape index (κ2) is 3.98. The Hall–Kier alpha value is -0.740. The van der Waals surface area contributed by atoms with Gasteiger partial charge in [0.25, 0.3) is 0 Å². The SMILES string of the molecule is C=Cc1sc(C(=O)O)c(C)c1SC. The third kappa shape index (κ3) is 1.78. The molecule has 0 saturated carbocycles. The molecule has 13 heavy (non-hydrogen) atoms. The fourth-order valence-electron chi connectivity index (χ4n) is 1.11. The zero-order valence-corrected chi connectivity index (χ0v) is 9.09. The van der Waals surface area contributed by atoms with Crippen molar-refractivity contribution in [2.75, 3.05) is 6.26 Å². The van der Waals surface area contributed by atoms with Crippen molar-refractivity contribution in [3.05, 3.63) is 21.9 Å². The molecule has 0 bridgehead atoms. The maximum atomic E-state index is 10.8. The maximum Gasteiger partial charge on any atom is 0.346 e. The van der Waals surface area contributed by atoms with Gasteiger partial charge in [-0.25, -0.2) is 4.79 Å². The number of carboxylic acid groups (broad SMARTS) is 1. The Morgan fingerprint density at radius 1 is 1.69 bits per heavy atom. The molecule has 0 aliphatic heterocycles. The maximum absolute atomic E-state index is 10.8. The predicted octanol–water partition coefficient (Wildman–Crippen LogP) is 3.12. The Labute approximate surface area is 85.3 Å². The van der Waals surface area contributed by atoms with Crippen molar-refractivity contribution in [3.8, 4) is 0 Å². The highest BCUT2D eigenvalue weighted by Crippen LogP contribution is 2.35. The Bertz CT molecular complexity index is 353. The lowest BCUT2D eigenvalue weighted by molar-refractivity contribution is 0.0701. The van der Waals surface area contributed by atoms with Crippen LogP contribution in [-0.2, 0) is 0 Å². The van der Waals surface area contributed by atoms with Gasteiger partial charge in [0.2, 0.25) is 0 Å². The normalized spacial score (nSPS) is 10.0. The first-order valence-corrected chi connectivity index (χ1v) is 5.69. The lowest BCUT2D eigenvalue weighted by Gasteiger charge is -1.95. The number of thiophene rings is 1. The molecule has 0 spiro atoms. The summed E-state index contributed by atoms with van der Waals surface area (Å²) in [6.45, 7) is 5.49. The van der Waals surface area contributed by atoms with Crippen LogP contribution in [0.15, 0.2) is 11.5 Å². The quantitative estimate of drug-likeness (QED) is 0.785. The van der Waals surface area contributed by atoms with E-state index < -0.39 is 5.97 Å². The number of carbonyl (C=O) groups is 1. The molecule has 1 aromatic heterocycles. The molecule has 0 radical (unpaired) electrons. The summed E-state index contributed by atoms with van der Waals surface area (Å²) < 4.78 is 0. The summed E-state index contributed by atoms with van der Waals surface area (Å²) in [6, 6.07) is 0. The lowest BCUT2D eigenvalue weighted by Crippen LogP contribution is -1.93. The van der Waals surface area contributed by atoms with E-state index in [9.17, 15) is 4.79 Å². The van der Waals surface area contributed by atoms with E-state index in [0.29, 0.717) is 4.88 Å². The average Bonchev–Trinajstić information content (AvgIpc) is 2.41. The van der Waals surface area contributed by atoms with Gasteiger partial charge in [-0.05, 0) is 18.7 Å². The highest BCUT2D eigenvalue weighted by Gasteiger charge is 2.16. The molecule has 0 atom stereocenters. The topological polar surface area (TPSA) is 37.3 Å². The van der Waals surface area contributed by atoms with Crippen LogP contribution in [0, 0.1) is 6.92 Å². The van der Waals surface area contributed by atoms with Crippen LogP contribution in [0.25, 0.3) is 6.08 Å². The van der Waals surface area contributed by atoms with Crippen molar-refractivity contribution < 1.29 is 9.90 Å². The molecule has 0 fully saturated rings. The van der Waals surface area contributed by atoms with Crippen LogP contribution in [0.3, 0.4) is 0 Å². The van der Waals surface area contributed by atoms with Crippen LogP contribution < -0.4 is 0 Å². The van der Waals surface area contributed by atoms with Crippen LogP contribution in [0.1, 0.15) is 20.1 Å². The summed E-state index contributed by atoms with van der Waals surface area (Å²) in [7, 11) is 0. The molecule has 1 aromatic rings. The third-order valence-corrected chi connectivity index (χ3v) is 4.04. The molecule has 0 aliphatic carbocycles. The highest BCUT2D eigenvalue weighted by atomic mass is 32.2. The first-order chi connectivity index (χ1) is 6.11. The Balaban J connectivity index is 3.34. The minimum absolute atomic E-state index is 0.416. The minimum atomic E-state index is -0.856. The van der Waals surface area contributed by atoms with Gasteiger partial charge in [-0.15, -0.1) is 23.1 Å². The van der Waals surface area contributed by atoms with Gasteiger partial charge in [0.05, 0.1) is 0 Å². The van der Waals surface area contributed by atoms with Crippen molar-refractivity contribution >= 4 is 35.1 Å². The van der Waals surface area contributed by atoms with Gasteiger partial charge in [0.1, 0.15) is 4.88 Å². The molecule has 0 aromatic carbocycles. The van der Waals surface area contributed by atoms with Crippen LogP contribution in [-0.4, -0.2) is 17.3 Å². The smallest absolute Gasteiger partial charge is 0.346 e. The second-order valence-electron chi connectivity index (χ2n) is 2.46. The molecule has 0 amide bonds. The first kappa shape index (κ1) is 10.3. The molecule has 1 rings (SSSR count). The van der Waals surface area contributed by atoms with E-state index in [0.717, 1.165) is 15.3 Å². The van der Waals surface area contributed by atoms with Crippen molar-refractivity contribution in [1.82, 2.24) is 0 Å². The van der Waals surface area contributed by atoms with Crippen LogP contribution in [0.5, 0.6) is 0 Å². The third-order valence-electron chi connectivity index (χ3n) is 1.70. The van der Waals surface area contributed by atoms with E-state index in [4.69, 9.17) is 5.11 Å². The number of thioether (sulfide) groups is 1. The first-order valence-electron chi connectivity index (χ1n) is 3.65. The molecule has 4 heteroatoms. The molecular formula is C9H10O2S2. The monoisotopic (exact) mass is 214 g/mol. The predicted molar refractivity (Wildman–Crippen MR) is 57.9 cm³/mol. The number of aromatic carboxylic acids is 1. The zero-order chi connectivity index (χ0) is 10.0.